The maximum Gasteiger partial charge on any atom is 0.0500 e. The predicted molar refractivity (Wildman–Crippen MR) is 88.5 cm³/mol. The van der Waals surface area contributed by atoms with Crippen molar-refractivity contribution in [3.8, 4) is 0 Å². The van der Waals surface area contributed by atoms with Gasteiger partial charge in [-0.2, -0.15) is 0 Å². The highest BCUT2D eigenvalue weighted by molar-refractivity contribution is 9.10. The number of halogens is 1. The van der Waals surface area contributed by atoms with Gasteiger partial charge >= 0.3 is 0 Å². The van der Waals surface area contributed by atoms with Gasteiger partial charge in [0.1, 0.15) is 0 Å². The Morgan fingerprint density at radius 1 is 1.15 bits per heavy atom. The first-order valence-electron chi connectivity index (χ1n) is 6.86. The molecule has 104 valence electrons. The van der Waals surface area contributed by atoms with E-state index in [1.807, 2.05) is 23.9 Å². The van der Waals surface area contributed by atoms with E-state index in [1.54, 1.807) is 0 Å². The van der Waals surface area contributed by atoms with Crippen molar-refractivity contribution in [2.45, 2.75) is 23.2 Å². The van der Waals surface area contributed by atoms with Crippen LogP contribution in [-0.2, 0) is 0 Å². The molecule has 2 atom stereocenters. The van der Waals surface area contributed by atoms with Crippen LogP contribution in [0.1, 0.15) is 29.4 Å². The largest absolute Gasteiger partial charge is 0.396 e. The van der Waals surface area contributed by atoms with Crippen LogP contribution in [0.2, 0.25) is 0 Å². The SMILES string of the molecule is OCC(CC1CSc2ccccc21)c1ccccc1Br. The Morgan fingerprint density at radius 3 is 2.70 bits per heavy atom. The smallest absolute Gasteiger partial charge is 0.0500 e. The average molecular weight is 349 g/mol. The number of fused-ring (bicyclic) bond motifs is 1. The molecule has 1 aliphatic heterocycles. The van der Waals surface area contributed by atoms with Crippen molar-refractivity contribution in [1.82, 2.24) is 0 Å². The van der Waals surface area contributed by atoms with Gasteiger partial charge in [-0.15, -0.1) is 11.8 Å². The van der Waals surface area contributed by atoms with E-state index in [4.69, 9.17) is 0 Å². The predicted octanol–water partition coefficient (Wildman–Crippen LogP) is 4.80. The molecule has 0 aromatic heterocycles. The summed E-state index contributed by atoms with van der Waals surface area (Å²) in [5.74, 6) is 1.86. The van der Waals surface area contributed by atoms with Crippen molar-refractivity contribution in [3.63, 3.8) is 0 Å². The molecule has 0 spiro atoms. The number of thioether (sulfide) groups is 1. The van der Waals surface area contributed by atoms with Crippen LogP contribution < -0.4 is 0 Å². The van der Waals surface area contributed by atoms with Gasteiger partial charge in [0, 0.05) is 27.6 Å². The highest BCUT2D eigenvalue weighted by Crippen LogP contribution is 2.44. The Kier molecular flexibility index (Phi) is 4.49. The fraction of sp³-hybridized carbons (Fsp3) is 0.294. The molecular weight excluding hydrogens is 332 g/mol. The number of hydrogen-bond acceptors (Lipinski definition) is 2. The van der Waals surface area contributed by atoms with Crippen molar-refractivity contribution in [2.24, 2.45) is 0 Å². The summed E-state index contributed by atoms with van der Waals surface area (Å²) in [4.78, 5) is 1.40. The summed E-state index contributed by atoms with van der Waals surface area (Å²) in [7, 11) is 0. The minimum absolute atomic E-state index is 0.197. The van der Waals surface area contributed by atoms with E-state index in [-0.39, 0.29) is 12.5 Å². The Bertz CT molecular complexity index is 599. The maximum atomic E-state index is 9.78. The van der Waals surface area contributed by atoms with Crippen LogP contribution in [0.4, 0.5) is 0 Å². The molecule has 1 N–H and O–H groups in total. The van der Waals surface area contributed by atoms with Gasteiger partial charge in [0.05, 0.1) is 0 Å². The van der Waals surface area contributed by atoms with Crippen molar-refractivity contribution in [1.29, 1.82) is 0 Å². The van der Waals surface area contributed by atoms with E-state index in [0.29, 0.717) is 5.92 Å². The molecular formula is C17H17BrOS. The molecule has 1 nitrogen and oxygen atoms in total. The lowest BCUT2D eigenvalue weighted by molar-refractivity contribution is 0.254. The van der Waals surface area contributed by atoms with Gasteiger partial charge in [0.2, 0.25) is 0 Å². The van der Waals surface area contributed by atoms with E-state index in [2.05, 4.69) is 52.3 Å². The standard InChI is InChI=1S/C17H17BrOS/c18-16-7-3-1-5-14(16)12(10-19)9-13-11-20-17-8-4-2-6-15(13)17/h1-8,12-13,19H,9-11H2. The fourth-order valence-corrected chi connectivity index (χ4v) is 4.75. The molecule has 3 heteroatoms. The molecule has 0 fully saturated rings. The lowest BCUT2D eigenvalue weighted by Gasteiger charge is -2.20. The summed E-state index contributed by atoms with van der Waals surface area (Å²) in [5, 5.41) is 9.78. The van der Waals surface area contributed by atoms with Gasteiger partial charge in [-0.05, 0) is 35.6 Å². The lowest BCUT2D eigenvalue weighted by atomic mass is 9.86. The summed E-state index contributed by atoms with van der Waals surface area (Å²) in [6, 6.07) is 16.9. The van der Waals surface area contributed by atoms with Gasteiger partial charge < -0.3 is 5.11 Å². The molecule has 0 amide bonds. The van der Waals surface area contributed by atoms with Crippen LogP contribution in [0.15, 0.2) is 57.9 Å². The minimum atomic E-state index is 0.197. The normalized spacial score (nSPS) is 18.8. The Hall–Kier alpha value is -0.770. The summed E-state index contributed by atoms with van der Waals surface area (Å²) in [5.41, 5.74) is 2.66. The maximum absolute atomic E-state index is 9.78. The molecule has 1 aliphatic rings. The zero-order valence-electron chi connectivity index (χ0n) is 11.1. The van der Waals surface area contributed by atoms with E-state index in [0.717, 1.165) is 16.6 Å². The average Bonchev–Trinajstić information content (AvgIpc) is 2.89. The lowest BCUT2D eigenvalue weighted by Crippen LogP contribution is -2.10. The molecule has 2 aromatic rings. The Morgan fingerprint density at radius 2 is 1.90 bits per heavy atom. The number of rotatable bonds is 4. The zero-order valence-corrected chi connectivity index (χ0v) is 13.5. The van der Waals surface area contributed by atoms with Crippen LogP contribution in [-0.4, -0.2) is 17.5 Å². The van der Waals surface area contributed by atoms with Crippen molar-refractivity contribution in [2.75, 3.05) is 12.4 Å². The molecule has 2 aromatic carbocycles. The van der Waals surface area contributed by atoms with Gasteiger partial charge in [-0.25, -0.2) is 0 Å². The van der Waals surface area contributed by atoms with Gasteiger partial charge in [0.15, 0.2) is 0 Å². The summed E-state index contributed by atoms with van der Waals surface area (Å²) in [6.07, 6.45) is 1.00. The molecule has 0 bridgehead atoms. The quantitative estimate of drug-likeness (QED) is 0.855. The third-order valence-corrected chi connectivity index (χ3v) is 5.91. The molecule has 1 heterocycles. The van der Waals surface area contributed by atoms with E-state index in [9.17, 15) is 5.11 Å². The highest BCUT2D eigenvalue weighted by atomic mass is 79.9. The zero-order chi connectivity index (χ0) is 13.9. The number of benzene rings is 2. The van der Waals surface area contributed by atoms with E-state index >= 15 is 0 Å². The molecule has 3 rings (SSSR count). The minimum Gasteiger partial charge on any atom is -0.396 e. The number of aliphatic hydroxyl groups excluding tert-OH is 1. The van der Waals surface area contributed by atoms with Crippen molar-refractivity contribution < 1.29 is 5.11 Å². The molecule has 0 aliphatic carbocycles. The first kappa shape index (κ1) is 14.2. The van der Waals surface area contributed by atoms with Crippen LogP contribution in [0, 0.1) is 0 Å². The second-order valence-corrected chi connectivity index (χ2v) is 7.10. The number of aliphatic hydroxyl groups is 1. The van der Waals surface area contributed by atoms with Crippen LogP contribution in [0.25, 0.3) is 0 Å². The van der Waals surface area contributed by atoms with Gasteiger partial charge in [-0.1, -0.05) is 52.3 Å². The first-order chi connectivity index (χ1) is 9.79. The third kappa shape index (κ3) is 2.80. The molecule has 20 heavy (non-hydrogen) atoms. The summed E-state index contributed by atoms with van der Waals surface area (Å²) in [6.45, 7) is 0.200. The molecule has 2 unspecified atom stereocenters. The summed E-state index contributed by atoms with van der Waals surface area (Å²) >= 11 is 5.54. The van der Waals surface area contributed by atoms with Gasteiger partial charge in [0.25, 0.3) is 0 Å². The monoisotopic (exact) mass is 348 g/mol. The molecule has 0 radical (unpaired) electrons. The highest BCUT2D eigenvalue weighted by Gasteiger charge is 2.26. The topological polar surface area (TPSA) is 20.2 Å². The van der Waals surface area contributed by atoms with Crippen molar-refractivity contribution >= 4 is 27.7 Å². The number of hydrogen-bond donors (Lipinski definition) is 1. The Balaban J connectivity index is 1.82. The first-order valence-corrected chi connectivity index (χ1v) is 8.64. The van der Waals surface area contributed by atoms with Crippen molar-refractivity contribution in [3.05, 3.63) is 64.1 Å². The van der Waals surface area contributed by atoms with Gasteiger partial charge in [-0.3, -0.25) is 0 Å². The van der Waals surface area contributed by atoms with Crippen LogP contribution in [0.5, 0.6) is 0 Å². The third-order valence-electron chi connectivity index (χ3n) is 3.93. The molecule has 0 saturated carbocycles. The van der Waals surface area contributed by atoms with E-state index < -0.39 is 0 Å². The van der Waals surface area contributed by atoms with E-state index in [1.165, 1.54) is 16.0 Å². The fourth-order valence-electron chi connectivity index (χ4n) is 2.87. The van der Waals surface area contributed by atoms with Crippen LogP contribution in [0.3, 0.4) is 0 Å². The van der Waals surface area contributed by atoms with Crippen LogP contribution >= 0.6 is 27.7 Å². The second kappa shape index (κ2) is 6.33. The summed E-state index contributed by atoms with van der Waals surface area (Å²) < 4.78 is 1.10. The molecule has 0 saturated heterocycles. The Labute approximate surface area is 132 Å². The second-order valence-electron chi connectivity index (χ2n) is 5.18.